The van der Waals surface area contributed by atoms with E-state index in [9.17, 15) is 13.6 Å². The molecule has 0 saturated heterocycles. The average molecular weight is 380 g/mol. The van der Waals surface area contributed by atoms with Gasteiger partial charge in [-0.15, -0.1) is 0 Å². The number of benzene rings is 2. The molecule has 1 aliphatic heterocycles. The minimum atomic E-state index is -0.846. The van der Waals surface area contributed by atoms with Gasteiger partial charge in [0.15, 0.2) is 0 Å². The molecule has 4 rings (SSSR count). The molecule has 1 aliphatic rings. The van der Waals surface area contributed by atoms with E-state index in [1.807, 2.05) is 23.1 Å². The van der Waals surface area contributed by atoms with Gasteiger partial charge in [-0.3, -0.25) is 4.79 Å². The first-order valence-electron chi connectivity index (χ1n) is 8.91. The van der Waals surface area contributed by atoms with Crippen molar-refractivity contribution in [3.63, 3.8) is 0 Å². The fourth-order valence-electron chi connectivity index (χ4n) is 3.42. The Morgan fingerprint density at radius 3 is 2.71 bits per heavy atom. The summed E-state index contributed by atoms with van der Waals surface area (Å²) in [4.78, 5) is 23.5. The largest absolute Gasteiger partial charge is 0.318 e. The van der Waals surface area contributed by atoms with E-state index >= 15 is 0 Å². The van der Waals surface area contributed by atoms with Crippen molar-refractivity contribution < 1.29 is 13.6 Å². The first-order valence-corrected chi connectivity index (χ1v) is 8.91. The fourth-order valence-corrected chi connectivity index (χ4v) is 3.42. The highest BCUT2D eigenvalue weighted by molar-refractivity contribution is 6.03. The zero-order valence-electron chi connectivity index (χ0n) is 15.4. The molecule has 1 amide bonds. The van der Waals surface area contributed by atoms with E-state index in [0.29, 0.717) is 11.6 Å². The zero-order chi connectivity index (χ0) is 19.8. The summed E-state index contributed by atoms with van der Waals surface area (Å²) in [6.07, 6.45) is 0.857. The summed E-state index contributed by atoms with van der Waals surface area (Å²) < 4.78 is 26.9. The zero-order valence-corrected chi connectivity index (χ0v) is 15.4. The third-order valence-corrected chi connectivity index (χ3v) is 4.68. The topological polar surface area (TPSA) is 58.1 Å². The number of hydrogen-bond donors (Lipinski definition) is 1. The molecule has 5 nitrogen and oxygen atoms in total. The monoisotopic (exact) mass is 380 g/mol. The van der Waals surface area contributed by atoms with Crippen molar-refractivity contribution >= 4 is 23.2 Å². The molecule has 142 valence electrons. The second-order valence-corrected chi connectivity index (χ2v) is 6.82. The molecule has 1 aromatic heterocycles. The van der Waals surface area contributed by atoms with Gasteiger partial charge < -0.3 is 10.2 Å². The van der Waals surface area contributed by atoms with Crippen LogP contribution in [0.2, 0.25) is 0 Å². The number of nitrogens with one attached hydrogen (secondary N) is 1. The van der Waals surface area contributed by atoms with Gasteiger partial charge in [-0.05, 0) is 50.1 Å². The molecule has 1 unspecified atom stereocenters. The molecule has 0 aliphatic carbocycles. The third kappa shape index (κ3) is 3.31. The summed E-state index contributed by atoms with van der Waals surface area (Å²) in [6.45, 7) is 3.84. The fraction of sp³-hybridized carbons (Fsp3) is 0.190. The number of fused-ring (bicyclic) bond motifs is 1. The number of para-hydroxylation sites is 1. The highest BCUT2D eigenvalue weighted by Gasteiger charge is 2.29. The van der Waals surface area contributed by atoms with Crippen LogP contribution in [0.15, 0.2) is 48.5 Å². The maximum absolute atomic E-state index is 13.9. The van der Waals surface area contributed by atoms with Crippen molar-refractivity contribution in [3.05, 3.63) is 77.1 Å². The van der Waals surface area contributed by atoms with Gasteiger partial charge in [-0.1, -0.05) is 18.2 Å². The number of hydrogen-bond acceptors (Lipinski definition) is 4. The second kappa shape index (κ2) is 6.99. The van der Waals surface area contributed by atoms with E-state index in [2.05, 4.69) is 28.3 Å². The molecule has 2 aromatic carbocycles. The Morgan fingerprint density at radius 2 is 1.93 bits per heavy atom. The number of aryl methyl sites for hydroxylation is 1. The first kappa shape index (κ1) is 18.0. The van der Waals surface area contributed by atoms with Gasteiger partial charge in [0, 0.05) is 23.5 Å². The Labute approximate surface area is 161 Å². The predicted octanol–water partition coefficient (Wildman–Crippen LogP) is 4.40. The van der Waals surface area contributed by atoms with E-state index in [-0.39, 0.29) is 17.4 Å². The summed E-state index contributed by atoms with van der Waals surface area (Å²) in [7, 11) is 0. The molecule has 1 N–H and O–H groups in total. The van der Waals surface area contributed by atoms with Crippen molar-refractivity contribution in [2.24, 2.45) is 0 Å². The van der Waals surface area contributed by atoms with E-state index < -0.39 is 17.5 Å². The average Bonchev–Trinajstić information content (AvgIpc) is 2.99. The van der Waals surface area contributed by atoms with Gasteiger partial charge >= 0.3 is 0 Å². The van der Waals surface area contributed by atoms with Crippen LogP contribution in [0.3, 0.4) is 0 Å². The number of carbonyl (C=O) groups excluding carboxylic acids is 1. The molecule has 7 heteroatoms. The quantitative estimate of drug-likeness (QED) is 0.732. The number of anilines is 3. The van der Waals surface area contributed by atoms with Crippen molar-refractivity contribution in [1.82, 2.24) is 9.97 Å². The van der Waals surface area contributed by atoms with Crippen LogP contribution in [-0.2, 0) is 6.42 Å². The van der Waals surface area contributed by atoms with Gasteiger partial charge in [0.25, 0.3) is 5.91 Å². The third-order valence-electron chi connectivity index (χ3n) is 4.68. The molecular formula is C21H18F2N4O. The molecule has 0 spiro atoms. The number of carbonyl (C=O) groups is 1. The molecular weight excluding hydrogens is 362 g/mol. The predicted molar refractivity (Wildman–Crippen MR) is 103 cm³/mol. The second-order valence-electron chi connectivity index (χ2n) is 6.82. The number of halogens is 2. The van der Waals surface area contributed by atoms with Crippen LogP contribution in [-0.4, -0.2) is 21.9 Å². The molecule has 2 heterocycles. The normalized spacial score (nSPS) is 15.4. The molecule has 1 atom stereocenters. The van der Waals surface area contributed by atoms with Crippen molar-refractivity contribution in [3.8, 4) is 0 Å². The SMILES string of the molecule is Cc1cc(C(=O)Nc2ccc(F)cc2F)nc(N2c3ccccc3CC2C)n1. The van der Waals surface area contributed by atoms with Gasteiger partial charge in [0.2, 0.25) is 5.95 Å². The number of nitrogens with zero attached hydrogens (tertiary/aromatic N) is 3. The van der Waals surface area contributed by atoms with Crippen LogP contribution in [0.5, 0.6) is 0 Å². The summed E-state index contributed by atoms with van der Waals surface area (Å²) in [5.74, 6) is -1.72. The van der Waals surface area contributed by atoms with E-state index in [1.165, 1.54) is 17.7 Å². The summed E-state index contributed by atoms with van der Waals surface area (Å²) >= 11 is 0. The molecule has 28 heavy (non-hydrogen) atoms. The van der Waals surface area contributed by atoms with Crippen LogP contribution >= 0.6 is 0 Å². The van der Waals surface area contributed by atoms with E-state index in [0.717, 1.165) is 24.2 Å². The smallest absolute Gasteiger partial charge is 0.274 e. The van der Waals surface area contributed by atoms with Crippen molar-refractivity contribution in [1.29, 1.82) is 0 Å². The summed E-state index contributed by atoms with van der Waals surface area (Å²) in [5.41, 5.74) is 2.83. The standard InChI is InChI=1S/C21H18F2N4O/c1-12-9-18(20(28)25-17-8-7-15(22)11-16(17)23)26-21(24-12)27-13(2)10-14-5-3-4-6-19(14)27/h3-9,11,13H,10H2,1-2H3,(H,25,28). The molecule has 0 radical (unpaired) electrons. The molecule has 0 bridgehead atoms. The van der Waals surface area contributed by atoms with Crippen molar-refractivity contribution in [2.75, 3.05) is 10.2 Å². The lowest BCUT2D eigenvalue weighted by Gasteiger charge is -2.23. The van der Waals surface area contributed by atoms with Crippen LogP contribution in [0.1, 0.15) is 28.7 Å². The van der Waals surface area contributed by atoms with Crippen LogP contribution in [0, 0.1) is 18.6 Å². The Balaban J connectivity index is 1.67. The Bertz CT molecular complexity index is 1070. The molecule has 3 aromatic rings. The number of aromatic nitrogens is 2. The minimum Gasteiger partial charge on any atom is -0.318 e. The Kier molecular flexibility index (Phi) is 4.50. The lowest BCUT2D eigenvalue weighted by Crippen LogP contribution is -2.27. The van der Waals surface area contributed by atoms with Crippen LogP contribution < -0.4 is 10.2 Å². The lowest BCUT2D eigenvalue weighted by atomic mass is 10.1. The van der Waals surface area contributed by atoms with Gasteiger partial charge in [-0.2, -0.15) is 0 Å². The number of amides is 1. The lowest BCUT2D eigenvalue weighted by molar-refractivity contribution is 0.102. The minimum absolute atomic E-state index is 0.107. The summed E-state index contributed by atoms with van der Waals surface area (Å²) in [5, 5.41) is 2.44. The van der Waals surface area contributed by atoms with E-state index in [4.69, 9.17) is 0 Å². The number of rotatable bonds is 3. The highest BCUT2D eigenvalue weighted by atomic mass is 19.1. The highest BCUT2D eigenvalue weighted by Crippen LogP contribution is 2.36. The Hall–Kier alpha value is -3.35. The Morgan fingerprint density at radius 1 is 1.14 bits per heavy atom. The van der Waals surface area contributed by atoms with Crippen molar-refractivity contribution in [2.45, 2.75) is 26.3 Å². The van der Waals surface area contributed by atoms with Crippen LogP contribution in [0.4, 0.5) is 26.1 Å². The van der Waals surface area contributed by atoms with Gasteiger partial charge in [0.05, 0.1) is 5.69 Å². The molecule has 0 saturated carbocycles. The van der Waals surface area contributed by atoms with Gasteiger partial charge in [-0.25, -0.2) is 18.7 Å². The van der Waals surface area contributed by atoms with Gasteiger partial charge in [0.1, 0.15) is 17.3 Å². The summed E-state index contributed by atoms with van der Waals surface area (Å²) in [6, 6.07) is 12.7. The first-order chi connectivity index (χ1) is 13.4. The van der Waals surface area contributed by atoms with E-state index in [1.54, 1.807) is 6.92 Å². The molecule has 0 fully saturated rings. The van der Waals surface area contributed by atoms with Crippen LogP contribution in [0.25, 0.3) is 0 Å². The maximum Gasteiger partial charge on any atom is 0.274 e. The maximum atomic E-state index is 13.9.